The van der Waals surface area contributed by atoms with Gasteiger partial charge in [0.2, 0.25) is 5.88 Å². The Labute approximate surface area is 83.3 Å². The van der Waals surface area contributed by atoms with Gasteiger partial charge in [0.1, 0.15) is 0 Å². The van der Waals surface area contributed by atoms with Gasteiger partial charge in [0, 0.05) is 25.8 Å². The third-order valence-corrected chi connectivity index (χ3v) is 1.72. The van der Waals surface area contributed by atoms with Crippen molar-refractivity contribution in [1.82, 2.24) is 9.97 Å². The molecule has 0 saturated carbocycles. The Morgan fingerprint density at radius 3 is 2.86 bits per heavy atom. The molecule has 0 aliphatic rings. The van der Waals surface area contributed by atoms with Crippen LogP contribution >= 0.6 is 0 Å². The summed E-state index contributed by atoms with van der Waals surface area (Å²) >= 11 is 0. The zero-order valence-corrected chi connectivity index (χ0v) is 8.43. The summed E-state index contributed by atoms with van der Waals surface area (Å²) < 4.78 is 9.88. The number of hydrogen-bond acceptors (Lipinski definition) is 5. The molecule has 0 fully saturated rings. The molecule has 0 bridgehead atoms. The summed E-state index contributed by atoms with van der Waals surface area (Å²) in [6.45, 7) is 0.513. The zero-order valence-electron chi connectivity index (χ0n) is 8.43. The van der Waals surface area contributed by atoms with E-state index in [2.05, 4.69) is 9.97 Å². The summed E-state index contributed by atoms with van der Waals surface area (Å²) in [5.74, 6) is 0.507. The van der Waals surface area contributed by atoms with Crippen LogP contribution in [0.5, 0.6) is 5.88 Å². The highest BCUT2D eigenvalue weighted by molar-refractivity contribution is 5.09. The fraction of sp³-hybridized carbons (Fsp3) is 0.556. The van der Waals surface area contributed by atoms with E-state index in [-0.39, 0.29) is 6.04 Å². The summed E-state index contributed by atoms with van der Waals surface area (Å²) in [6.07, 6.45) is 3.88. The summed E-state index contributed by atoms with van der Waals surface area (Å²) in [5.41, 5.74) is 6.59. The minimum absolute atomic E-state index is 0.0543. The Kier molecular flexibility index (Phi) is 4.28. The lowest BCUT2D eigenvalue weighted by molar-refractivity contribution is 0.179. The van der Waals surface area contributed by atoms with Crippen LogP contribution in [-0.4, -0.2) is 36.8 Å². The first-order valence-electron chi connectivity index (χ1n) is 4.35. The number of ether oxygens (including phenoxy) is 2. The fourth-order valence-corrected chi connectivity index (χ4v) is 1.12. The number of nitrogens with zero attached hydrogens (tertiary/aromatic N) is 2. The fourth-order valence-electron chi connectivity index (χ4n) is 1.12. The van der Waals surface area contributed by atoms with Gasteiger partial charge in [-0.15, -0.1) is 0 Å². The monoisotopic (exact) mass is 197 g/mol. The van der Waals surface area contributed by atoms with Gasteiger partial charge in [0.05, 0.1) is 25.6 Å². The molecule has 0 spiro atoms. The van der Waals surface area contributed by atoms with Crippen LogP contribution in [0.4, 0.5) is 0 Å². The number of hydrogen-bond donors (Lipinski definition) is 1. The van der Waals surface area contributed by atoms with Crippen molar-refractivity contribution >= 4 is 0 Å². The number of rotatable bonds is 5. The third-order valence-electron chi connectivity index (χ3n) is 1.72. The van der Waals surface area contributed by atoms with E-state index < -0.39 is 0 Å². The second kappa shape index (κ2) is 5.51. The molecule has 1 heterocycles. The molecule has 1 aromatic heterocycles. The SMILES string of the molecule is COCC(N)Cc1cncc(OC)n1. The average molecular weight is 197 g/mol. The van der Waals surface area contributed by atoms with Crippen LogP contribution in [-0.2, 0) is 11.2 Å². The van der Waals surface area contributed by atoms with Gasteiger partial charge in [-0.1, -0.05) is 0 Å². The maximum Gasteiger partial charge on any atom is 0.232 e. The van der Waals surface area contributed by atoms with Crippen LogP contribution in [0.25, 0.3) is 0 Å². The average Bonchev–Trinajstić information content (AvgIpc) is 2.18. The molecule has 1 aromatic rings. The zero-order chi connectivity index (χ0) is 10.4. The van der Waals surface area contributed by atoms with E-state index in [1.165, 1.54) is 0 Å². The number of methoxy groups -OCH3 is 2. The van der Waals surface area contributed by atoms with E-state index in [0.29, 0.717) is 18.9 Å². The van der Waals surface area contributed by atoms with Gasteiger partial charge in [-0.2, -0.15) is 0 Å². The Morgan fingerprint density at radius 2 is 2.21 bits per heavy atom. The number of aromatic nitrogens is 2. The van der Waals surface area contributed by atoms with E-state index in [1.54, 1.807) is 26.6 Å². The van der Waals surface area contributed by atoms with E-state index >= 15 is 0 Å². The molecule has 1 unspecified atom stereocenters. The molecule has 14 heavy (non-hydrogen) atoms. The Morgan fingerprint density at radius 1 is 1.43 bits per heavy atom. The van der Waals surface area contributed by atoms with E-state index in [0.717, 1.165) is 5.69 Å². The molecule has 5 heteroatoms. The molecule has 0 aromatic carbocycles. The van der Waals surface area contributed by atoms with E-state index in [9.17, 15) is 0 Å². The quantitative estimate of drug-likeness (QED) is 0.719. The second-order valence-electron chi connectivity index (χ2n) is 2.97. The van der Waals surface area contributed by atoms with Gasteiger partial charge in [-0.25, -0.2) is 4.98 Å². The lowest BCUT2D eigenvalue weighted by Gasteiger charge is -2.09. The molecule has 1 atom stereocenters. The maximum atomic E-state index is 5.77. The number of nitrogens with two attached hydrogens (primary N) is 1. The van der Waals surface area contributed by atoms with Crippen LogP contribution in [0.1, 0.15) is 5.69 Å². The van der Waals surface area contributed by atoms with Crippen molar-refractivity contribution in [2.75, 3.05) is 20.8 Å². The third kappa shape index (κ3) is 3.27. The van der Waals surface area contributed by atoms with Crippen molar-refractivity contribution in [3.05, 3.63) is 18.1 Å². The van der Waals surface area contributed by atoms with Crippen molar-refractivity contribution in [3.8, 4) is 5.88 Å². The standard InChI is InChI=1S/C9H15N3O2/c1-13-6-7(10)3-8-4-11-5-9(12-8)14-2/h4-5,7H,3,6,10H2,1-2H3. The first kappa shape index (κ1) is 10.9. The largest absolute Gasteiger partial charge is 0.480 e. The van der Waals surface area contributed by atoms with Gasteiger partial charge in [0.15, 0.2) is 0 Å². The van der Waals surface area contributed by atoms with Crippen molar-refractivity contribution in [1.29, 1.82) is 0 Å². The first-order chi connectivity index (χ1) is 6.76. The molecule has 2 N–H and O–H groups in total. The molecule has 1 rings (SSSR count). The first-order valence-corrected chi connectivity index (χ1v) is 4.35. The van der Waals surface area contributed by atoms with Gasteiger partial charge in [-0.3, -0.25) is 4.98 Å². The maximum absolute atomic E-state index is 5.77. The minimum atomic E-state index is -0.0543. The van der Waals surface area contributed by atoms with Crippen LogP contribution in [0.3, 0.4) is 0 Å². The molecule has 5 nitrogen and oxygen atoms in total. The topological polar surface area (TPSA) is 70.3 Å². The Balaban J connectivity index is 2.57. The highest BCUT2D eigenvalue weighted by Crippen LogP contribution is 2.05. The van der Waals surface area contributed by atoms with Crippen molar-refractivity contribution in [2.45, 2.75) is 12.5 Å². The normalized spacial score (nSPS) is 12.5. The van der Waals surface area contributed by atoms with Gasteiger partial charge < -0.3 is 15.2 Å². The highest BCUT2D eigenvalue weighted by Gasteiger charge is 2.05. The van der Waals surface area contributed by atoms with Crippen LogP contribution < -0.4 is 10.5 Å². The summed E-state index contributed by atoms with van der Waals surface area (Å²) in [7, 11) is 3.18. The minimum Gasteiger partial charge on any atom is -0.480 e. The molecule has 0 aliphatic heterocycles. The van der Waals surface area contributed by atoms with Crippen molar-refractivity contribution in [3.63, 3.8) is 0 Å². The van der Waals surface area contributed by atoms with Crippen LogP contribution in [0.15, 0.2) is 12.4 Å². The van der Waals surface area contributed by atoms with Gasteiger partial charge >= 0.3 is 0 Å². The van der Waals surface area contributed by atoms with E-state index in [4.69, 9.17) is 15.2 Å². The predicted octanol–water partition coefficient (Wildman–Crippen LogP) is 0.00140. The Hall–Kier alpha value is -1.20. The van der Waals surface area contributed by atoms with Crippen LogP contribution in [0, 0.1) is 0 Å². The van der Waals surface area contributed by atoms with Crippen LogP contribution in [0.2, 0.25) is 0 Å². The predicted molar refractivity (Wildman–Crippen MR) is 52.1 cm³/mol. The molecule has 78 valence electrons. The van der Waals surface area contributed by atoms with E-state index in [1.807, 2.05) is 0 Å². The lowest BCUT2D eigenvalue weighted by atomic mass is 10.2. The van der Waals surface area contributed by atoms with Crippen molar-refractivity contribution in [2.24, 2.45) is 5.73 Å². The summed E-state index contributed by atoms with van der Waals surface area (Å²) in [6, 6.07) is -0.0543. The second-order valence-corrected chi connectivity index (χ2v) is 2.97. The van der Waals surface area contributed by atoms with Gasteiger partial charge in [0.25, 0.3) is 0 Å². The Bertz CT molecular complexity index is 281. The molecular weight excluding hydrogens is 182 g/mol. The van der Waals surface area contributed by atoms with Crippen molar-refractivity contribution < 1.29 is 9.47 Å². The summed E-state index contributed by atoms with van der Waals surface area (Å²) in [4.78, 5) is 8.18. The smallest absolute Gasteiger partial charge is 0.232 e. The molecule has 0 amide bonds. The molecular formula is C9H15N3O2. The molecule has 0 saturated heterocycles. The lowest BCUT2D eigenvalue weighted by Crippen LogP contribution is -2.28. The summed E-state index contributed by atoms with van der Waals surface area (Å²) in [5, 5.41) is 0. The highest BCUT2D eigenvalue weighted by atomic mass is 16.5. The molecule has 0 radical (unpaired) electrons. The van der Waals surface area contributed by atoms with Gasteiger partial charge in [-0.05, 0) is 0 Å². The molecule has 0 aliphatic carbocycles.